The zero-order valence-electron chi connectivity index (χ0n) is 20.9. The molecule has 0 radical (unpaired) electrons. The summed E-state index contributed by atoms with van der Waals surface area (Å²) < 4.78 is 5.65. The summed E-state index contributed by atoms with van der Waals surface area (Å²) in [4.78, 5) is 44.4. The van der Waals surface area contributed by atoms with Crippen molar-refractivity contribution < 1.29 is 19.1 Å². The van der Waals surface area contributed by atoms with Crippen LogP contribution in [0.1, 0.15) is 64.9 Å². The molecule has 37 heavy (non-hydrogen) atoms. The van der Waals surface area contributed by atoms with Gasteiger partial charge in [-0.3, -0.25) is 19.4 Å². The molecule has 1 saturated heterocycles. The molecule has 6 rings (SSSR count). The minimum Gasteiger partial charge on any atom is -0.496 e. The predicted molar refractivity (Wildman–Crippen MR) is 140 cm³/mol. The molecule has 0 unspecified atom stereocenters. The van der Waals surface area contributed by atoms with Crippen molar-refractivity contribution in [3.8, 4) is 5.75 Å². The quantitative estimate of drug-likeness (QED) is 0.502. The highest BCUT2D eigenvalue weighted by Crippen LogP contribution is 2.43. The number of carbonyl (C=O) groups excluding carboxylic acids is 3. The lowest BCUT2D eigenvalue weighted by molar-refractivity contribution is -0.114. The zero-order valence-corrected chi connectivity index (χ0v) is 20.9. The van der Waals surface area contributed by atoms with E-state index in [0.717, 1.165) is 35.0 Å². The molecular formula is C28H29N5O4. The molecular weight excluding hydrogens is 470 g/mol. The molecule has 1 spiro atoms. The number of benzene rings is 2. The van der Waals surface area contributed by atoms with E-state index in [1.165, 1.54) is 6.92 Å². The summed E-state index contributed by atoms with van der Waals surface area (Å²) in [5.74, 6) is 0.687. The second-order valence-corrected chi connectivity index (χ2v) is 10.1. The van der Waals surface area contributed by atoms with Crippen LogP contribution in [-0.2, 0) is 4.79 Å². The number of nitrogens with one attached hydrogen (secondary N) is 3. The van der Waals surface area contributed by atoms with Gasteiger partial charge in [0.2, 0.25) is 5.91 Å². The molecule has 1 aromatic heterocycles. The number of nitrogens with zero attached hydrogens (tertiary/aromatic N) is 2. The second-order valence-electron chi connectivity index (χ2n) is 10.1. The fraction of sp³-hybridized carbons (Fsp3) is 0.357. The van der Waals surface area contributed by atoms with Crippen molar-refractivity contribution in [2.75, 3.05) is 30.8 Å². The monoisotopic (exact) mass is 499 g/mol. The molecule has 3 aromatic rings. The lowest BCUT2D eigenvalue weighted by Crippen LogP contribution is -2.62. The normalized spacial score (nSPS) is 18.1. The van der Waals surface area contributed by atoms with Gasteiger partial charge in [-0.05, 0) is 49.2 Å². The Hall–Kier alpha value is -4.14. The molecule has 0 atom stereocenters. The number of methoxy groups -OCH3 is 1. The minimum absolute atomic E-state index is 0.0527. The zero-order chi connectivity index (χ0) is 25.7. The molecule has 0 bridgehead atoms. The summed E-state index contributed by atoms with van der Waals surface area (Å²) in [7, 11) is 1.62. The van der Waals surface area contributed by atoms with Crippen LogP contribution >= 0.6 is 0 Å². The van der Waals surface area contributed by atoms with E-state index in [1.807, 2.05) is 35.4 Å². The molecule has 190 valence electrons. The molecule has 2 fully saturated rings. The number of ether oxygens (including phenoxy) is 1. The topological polar surface area (TPSA) is 113 Å². The predicted octanol–water partition coefficient (Wildman–Crippen LogP) is 3.87. The molecule has 3 aliphatic rings. The molecule has 9 heteroatoms. The number of aromatic nitrogens is 1. The molecule has 3 heterocycles. The van der Waals surface area contributed by atoms with Gasteiger partial charge in [-0.1, -0.05) is 0 Å². The van der Waals surface area contributed by atoms with E-state index < -0.39 is 5.66 Å². The highest BCUT2D eigenvalue weighted by Gasteiger charge is 2.41. The molecule has 3 amide bonds. The van der Waals surface area contributed by atoms with Gasteiger partial charge in [0.05, 0.1) is 18.4 Å². The van der Waals surface area contributed by atoms with Gasteiger partial charge < -0.3 is 25.6 Å². The fourth-order valence-electron chi connectivity index (χ4n) is 5.47. The van der Waals surface area contributed by atoms with Crippen LogP contribution in [-0.4, -0.2) is 53.5 Å². The summed E-state index contributed by atoms with van der Waals surface area (Å²) in [6, 6.07) is 11.0. The Morgan fingerprint density at radius 1 is 1.08 bits per heavy atom. The number of carbonyl (C=O) groups is 3. The van der Waals surface area contributed by atoms with Gasteiger partial charge in [0.1, 0.15) is 11.4 Å². The van der Waals surface area contributed by atoms with E-state index in [9.17, 15) is 14.4 Å². The van der Waals surface area contributed by atoms with Crippen molar-refractivity contribution in [3.05, 3.63) is 59.4 Å². The van der Waals surface area contributed by atoms with E-state index in [0.29, 0.717) is 54.4 Å². The van der Waals surface area contributed by atoms with Crippen molar-refractivity contribution in [1.29, 1.82) is 0 Å². The molecule has 9 nitrogen and oxygen atoms in total. The molecule has 1 saturated carbocycles. The van der Waals surface area contributed by atoms with Crippen molar-refractivity contribution in [1.82, 2.24) is 15.2 Å². The van der Waals surface area contributed by atoms with Crippen LogP contribution in [0.4, 0.5) is 11.4 Å². The average molecular weight is 500 g/mol. The Morgan fingerprint density at radius 2 is 1.86 bits per heavy atom. The number of hydrogen-bond donors (Lipinski definition) is 3. The first-order chi connectivity index (χ1) is 17.9. The average Bonchev–Trinajstić information content (AvgIpc) is 3.73. The van der Waals surface area contributed by atoms with Crippen LogP contribution in [0.2, 0.25) is 0 Å². The van der Waals surface area contributed by atoms with Crippen LogP contribution in [0, 0.1) is 0 Å². The van der Waals surface area contributed by atoms with Gasteiger partial charge in [-0.2, -0.15) is 0 Å². The van der Waals surface area contributed by atoms with E-state index in [-0.39, 0.29) is 17.7 Å². The molecule has 1 aliphatic carbocycles. The van der Waals surface area contributed by atoms with Crippen molar-refractivity contribution in [3.63, 3.8) is 0 Å². The van der Waals surface area contributed by atoms with Crippen LogP contribution in [0.15, 0.2) is 42.6 Å². The van der Waals surface area contributed by atoms with Gasteiger partial charge in [0.25, 0.3) is 11.8 Å². The maximum Gasteiger partial charge on any atom is 0.255 e. The summed E-state index contributed by atoms with van der Waals surface area (Å²) in [5, 5.41) is 11.3. The Bertz CT molecular complexity index is 1440. The first kappa shape index (κ1) is 23.3. The van der Waals surface area contributed by atoms with Gasteiger partial charge in [-0.25, -0.2) is 0 Å². The maximum atomic E-state index is 13.6. The SMILES string of the molecule is COc1cc(C(=O)N2CCC3(CC2)NC(=O)c2cc(NC(C)=O)ccc2N3)cc2c(C3CC3)nccc12. The lowest BCUT2D eigenvalue weighted by Gasteiger charge is -2.46. The van der Waals surface area contributed by atoms with E-state index in [1.54, 1.807) is 19.2 Å². The van der Waals surface area contributed by atoms with E-state index in [2.05, 4.69) is 20.9 Å². The van der Waals surface area contributed by atoms with Gasteiger partial charge in [0, 0.05) is 72.7 Å². The number of likely N-dealkylation sites (tertiary alicyclic amines) is 1. The number of hydrogen-bond acceptors (Lipinski definition) is 6. The van der Waals surface area contributed by atoms with Crippen molar-refractivity contribution in [2.24, 2.45) is 0 Å². The fourth-order valence-corrected chi connectivity index (χ4v) is 5.47. The van der Waals surface area contributed by atoms with Crippen molar-refractivity contribution in [2.45, 2.75) is 44.2 Å². The lowest BCUT2D eigenvalue weighted by atomic mass is 9.91. The van der Waals surface area contributed by atoms with Crippen LogP contribution in [0.5, 0.6) is 5.75 Å². The van der Waals surface area contributed by atoms with Crippen molar-refractivity contribution >= 4 is 39.9 Å². The molecule has 2 aromatic carbocycles. The Morgan fingerprint density at radius 3 is 2.57 bits per heavy atom. The van der Waals surface area contributed by atoms with Crippen LogP contribution in [0.25, 0.3) is 10.8 Å². The van der Waals surface area contributed by atoms with E-state index >= 15 is 0 Å². The number of rotatable bonds is 4. The highest BCUT2D eigenvalue weighted by atomic mass is 16.5. The smallest absolute Gasteiger partial charge is 0.255 e. The van der Waals surface area contributed by atoms with E-state index in [4.69, 9.17) is 4.74 Å². The van der Waals surface area contributed by atoms with Gasteiger partial charge >= 0.3 is 0 Å². The minimum atomic E-state index is -0.624. The Balaban J connectivity index is 1.21. The Labute approximate surface area is 214 Å². The summed E-state index contributed by atoms with van der Waals surface area (Å²) in [5.41, 5.74) is 2.78. The van der Waals surface area contributed by atoms with Crippen LogP contribution in [0.3, 0.4) is 0 Å². The maximum absolute atomic E-state index is 13.6. The standard InChI is InChI=1S/C28H29N5O4/c1-16(34)30-19-5-6-23-22(15-19)26(35)32-28(31-23)8-11-33(12-9-28)27(36)18-13-21-20(24(14-18)37-2)7-10-29-25(21)17-3-4-17/h5-7,10,13-15,17,31H,3-4,8-9,11-12H2,1-2H3,(H,30,34)(H,32,35). The molecule has 2 aliphatic heterocycles. The summed E-state index contributed by atoms with van der Waals surface area (Å²) >= 11 is 0. The molecule has 3 N–H and O–H groups in total. The first-order valence-electron chi connectivity index (χ1n) is 12.6. The second kappa shape index (κ2) is 8.76. The number of amides is 3. The number of anilines is 2. The number of piperidine rings is 1. The summed E-state index contributed by atoms with van der Waals surface area (Å²) in [6.07, 6.45) is 5.19. The first-order valence-corrected chi connectivity index (χ1v) is 12.6. The summed E-state index contributed by atoms with van der Waals surface area (Å²) in [6.45, 7) is 2.42. The van der Waals surface area contributed by atoms with Gasteiger partial charge in [-0.15, -0.1) is 0 Å². The number of pyridine rings is 1. The van der Waals surface area contributed by atoms with Crippen LogP contribution < -0.4 is 20.7 Å². The largest absolute Gasteiger partial charge is 0.496 e. The Kier molecular flexibility index (Phi) is 5.51. The highest BCUT2D eigenvalue weighted by molar-refractivity contribution is 6.04. The third-order valence-electron chi connectivity index (χ3n) is 7.52. The number of fused-ring (bicyclic) bond motifs is 2. The third kappa shape index (κ3) is 4.24. The third-order valence-corrected chi connectivity index (χ3v) is 7.52. The van der Waals surface area contributed by atoms with Gasteiger partial charge in [0.15, 0.2) is 0 Å².